The van der Waals surface area contributed by atoms with Crippen molar-refractivity contribution in [3.05, 3.63) is 94.4 Å². The molecule has 0 saturated heterocycles. The third kappa shape index (κ3) is 3.87. The first-order valence-electron chi connectivity index (χ1n) is 8.83. The van der Waals surface area contributed by atoms with Crippen molar-refractivity contribution < 1.29 is 18.3 Å². The van der Waals surface area contributed by atoms with Crippen LogP contribution in [0.4, 0.5) is 10.1 Å². The average Bonchev–Trinajstić information content (AvgIpc) is 2.74. The van der Waals surface area contributed by atoms with Crippen LogP contribution in [-0.4, -0.2) is 13.0 Å². The molecule has 0 fully saturated rings. The van der Waals surface area contributed by atoms with Crippen LogP contribution in [0.3, 0.4) is 0 Å². The van der Waals surface area contributed by atoms with Crippen LogP contribution in [0.15, 0.2) is 82.0 Å². The fraction of sp³-hybridized carbons (Fsp3) is 0.0435. The van der Waals surface area contributed by atoms with Gasteiger partial charge in [0.05, 0.1) is 12.5 Å². The van der Waals surface area contributed by atoms with Gasteiger partial charge in [-0.1, -0.05) is 0 Å². The molecule has 0 saturated carbocycles. The second-order valence-electron chi connectivity index (χ2n) is 6.38. The predicted molar refractivity (Wildman–Crippen MR) is 109 cm³/mol. The number of ether oxygens (including phenoxy) is 1. The Hall–Kier alpha value is -3.93. The third-order valence-corrected chi connectivity index (χ3v) is 4.47. The number of methoxy groups -OCH3 is 1. The lowest BCUT2D eigenvalue weighted by molar-refractivity contribution is 0.102. The fourth-order valence-corrected chi connectivity index (χ4v) is 2.93. The summed E-state index contributed by atoms with van der Waals surface area (Å²) in [5.74, 6) is 0.299. The third-order valence-electron chi connectivity index (χ3n) is 4.47. The maximum atomic E-state index is 13.0. The number of hydrogen-bond acceptors (Lipinski definition) is 4. The number of carbonyl (C=O) groups is 1. The Bertz CT molecular complexity index is 1240. The van der Waals surface area contributed by atoms with E-state index in [1.165, 1.54) is 30.3 Å². The molecule has 6 heteroatoms. The molecule has 3 aromatic carbocycles. The molecular formula is C23H16FNO4. The molecular weight excluding hydrogens is 373 g/mol. The quantitative estimate of drug-likeness (QED) is 0.541. The van der Waals surface area contributed by atoms with E-state index in [0.29, 0.717) is 33.7 Å². The summed E-state index contributed by atoms with van der Waals surface area (Å²) in [6, 6.07) is 18.6. The zero-order valence-corrected chi connectivity index (χ0v) is 15.4. The van der Waals surface area contributed by atoms with Crippen LogP contribution in [0.2, 0.25) is 0 Å². The molecule has 0 unspecified atom stereocenters. The van der Waals surface area contributed by atoms with E-state index in [2.05, 4.69) is 5.32 Å². The minimum Gasteiger partial charge on any atom is -0.497 e. The van der Waals surface area contributed by atoms with E-state index < -0.39 is 11.7 Å². The Balaban J connectivity index is 1.67. The van der Waals surface area contributed by atoms with E-state index in [-0.39, 0.29) is 5.43 Å². The molecule has 0 bridgehead atoms. The first-order chi connectivity index (χ1) is 14.0. The van der Waals surface area contributed by atoms with Crippen LogP contribution in [0.5, 0.6) is 5.75 Å². The van der Waals surface area contributed by atoms with E-state index in [0.717, 1.165) is 5.56 Å². The van der Waals surface area contributed by atoms with Crippen LogP contribution < -0.4 is 15.5 Å². The van der Waals surface area contributed by atoms with Crippen molar-refractivity contribution in [3.63, 3.8) is 0 Å². The molecule has 4 rings (SSSR count). The van der Waals surface area contributed by atoms with Crippen LogP contribution in [0, 0.1) is 5.82 Å². The molecule has 1 N–H and O–H groups in total. The minimum absolute atomic E-state index is 0.187. The van der Waals surface area contributed by atoms with Crippen LogP contribution in [0.25, 0.3) is 22.3 Å². The first-order valence-corrected chi connectivity index (χ1v) is 8.83. The summed E-state index contributed by atoms with van der Waals surface area (Å²) in [4.78, 5) is 24.8. The van der Waals surface area contributed by atoms with Gasteiger partial charge in [0.25, 0.3) is 5.91 Å². The van der Waals surface area contributed by atoms with Crippen molar-refractivity contribution >= 4 is 22.6 Å². The molecule has 5 nitrogen and oxygen atoms in total. The molecule has 0 aliphatic heterocycles. The molecule has 1 heterocycles. The van der Waals surface area contributed by atoms with Gasteiger partial charge in [-0.15, -0.1) is 0 Å². The Morgan fingerprint density at radius 3 is 2.38 bits per heavy atom. The minimum atomic E-state index is -0.417. The maximum Gasteiger partial charge on any atom is 0.255 e. The van der Waals surface area contributed by atoms with Crippen molar-refractivity contribution in [1.29, 1.82) is 0 Å². The van der Waals surface area contributed by atoms with Crippen LogP contribution in [0.1, 0.15) is 10.4 Å². The highest BCUT2D eigenvalue weighted by Gasteiger charge is 2.11. The van der Waals surface area contributed by atoms with Gasteiger partial charge in [0.2, 0.25) is 0 Å². The summed E-state index contributed by atoms with van der Waals surface area (Å²) in [5.41, 5.74) is 1.67. The molecule has 1 aromatic heterocycles. The van der Waals surface area contributed by atoms with Crippen molar-refractivity contribution in [3.8, 4) is 17.1 Å². The van der Waals surface area contributed by atoms with Gasteiger partial charge in [-0.3, -0.25) is 9.59 Å². The summed E-state index contributed by atoms with van der Waals surface area (Å²) in [6.07, 6.45) is 0. The smallest absolute Gasteiger partial charge is 0.255 e. The molecule has 1 amide bonds. The van der Waals surface area contributed by atoms with Crippen molar-refractivity contribution in [2.45, 2.75) is 0 Å². The Kier molecular flexibility index (Phi) is 4.83. The number of fused-ring (bicyclic) bond motifs is 1. The summed E-state index contributed by atoms with van der Waals surface area (Å²) >= 11 is 0. The highest BCUT2D eigenvalue weighted by atomic mass is 19.1. The topological polar surface area (TPSA) is 68.5 Å². The Morgan fingerprint density at radius 1 is 0.966 bits per heavy atom. The molecule has 0 aliphatic rings. The molecule has 4 aromatic rings. The number of halogens is 1. The normalized spacial score (nSPS) is 10.7. The largest absolute Gasteiger partial charge is 0.497 e. The van der Waals surface area contributed by atoms with Crippen molar-refractivity contribution in [2.75, 3.05) is 12.4 Å². The first kappa shape index (κ1) is 18.4. The molecule has 29 heavy (non-hydrogen) atoms. The monoisotopic (exact) mass is 389 g/mol. The second kappa shape index (κ2) is 7.59. The second-order valence-corrected chi connectivity index (χ2v) is 6.38. The van der Waals surface area contributed by atoms with Gasteiger partial charge in [0.15, 0.2) is 5.43 Å². The van der Waals surface area contributed by atoms with E-state index in [9.17, 15) is 14.0 Å². The zero-order chi connectivity index (χ0) is 20.4. The van der Waals surface area contributed by atoms with Gasteiger partial charge in [-0.2, -0.15) is 0 Å². The van der Waals surface area contributed by atoms with E-state index >= 15 is 0 Å². The molecule has 144 valence electrons. The fourth-order valence-electron chi connectivity index (χ4n) is 2.93. The molecule has 0 aliphatic carbocycles. The highest BCUT2D eigenvalue weighted by Crippen LogP contribution is 2.26. The summed E-state index contributed by atoms with van der Waals surface area (Å²) in [5, 5.41) is 3.13. The van der Waals surface area contributed by atoms with Gasteiger partial charge >= 0.3 is 0 Å². The van der Waals surface area contributed by atoms with Gasteiger partial charge in [0, 0.05) is 28.9 Å². The van der Waals surface area contributed by atoms with Gasteiger partial charge in [0.1, 0.15) is 22.9 Å². The SMILES string of the molecule is COc1ccc(-c2cc(=O)c3ccc(NC(=O)c4ccc(F)cc4)cc3o2)cc1. The van der Waals surface area contributed by atoms with E-state index in [1.54, 1.807) is 49.6 Å². The number of anilines is 1. The number of amides is 1. The van der Waals surface area contributed by atoms with Crippen molar-refractivity contribution in [1.82, 2.24) is 0 Å². The highest BCUT2D eigenvalue weighted by molar-refractivity contribution is 6.05. The van der Waals surface area contributed by atoms with E-state index in [1.807, 2.05) is 0 Å². The summed E-state index contributed by atoms with van der Waals surface area (Å²) in [6.45, 7) is 0. The standard InChI is InChI=1S/C23H16FNO4/c1-28-18-9-4-14(5-10-18)21-13-20(26)19-11-8-17(12-22(19)29-21)25-23(27)15-2-6-16(24)7-3-15/h2-13H,1H3,(H,25,27). The maximum absolute atomic E-state index is 13.0. The average molecular weight is 389 g/mol. The van der Waals surface area contributed by atoms with Gasteiger partial charge in [-0.05, 0) is 60.7 Å². The number of benzene rings is 3. The summed E-state index contributed by atoms with van der Waals surface area (Å²) < 4.78 is 24.1. The number of rotatable bonds is 4. The number of nitrogens with one attached hydrogen (secondary N) is 1. The number of hydrogen-bond donors (Lipinski definition) is 1. The number of carbonyl (C=O) groups excluding carboxylic acids is 1. The lowest BCUT2D eigenvalue weighted by atomic mass is 10.1. The Morgan fingerprint density at radius 2 is 1.69 bits per heavy atom. The van der Waals surface area contributed by atoms with Gasteiger partial charge < -0.3 is 14.5 Å². The Labute approximate surface area is 165 Å². The van der Waals surface area contributed by atoms with E-state index in [4.69, 9.17) is 9.15 Å². The van der Waals surface area contributed by atoms with Gasteiger partial charge in [-0.25, -0.2) is 4.39 Å². The van der Waals surface area contributed by atoms with Crippen LogP contribution >= 0.6 is 0 Å². The molecule has 0 spiro atoms. The van der Waals surface area contributed by atoms with Crippen molar-refractivity contribution in [2.24, 2.45) is 0 Å². The molecule has 0 atom stereocenters. The molecule has 0 radical (unpaired) electrons. The van der Waals surface area contributed by atoms with Crippen LogP contribution in [-0.2, 0) is 0 Å². The predicted octanol–water partition coefficient (Wildman–Crippen LogP) is 4.86. The lowest BCUT2D eigenvalue weighted by Gasteiger charge is -2.08. The summed E-state index contributed by atoms with van der Waals surface area (Å²) in [7, 11) is 1.58. The lowest BCUT2D eigenvalue weighted by Crippen LogP contribution is -2.12. The zero-order valence-electron chi connectivity index (χ0n) is 15.4.